The average molecular weight is 567 g/mol. The molecule has 0 radical (unpaired) electrons. The first-order chi connectivity index (χ1) is 15.2. The van der Waals surface area contributed by atoms with E-state index < -0.39 is 0 Å². The average Bonchev–Trinajstić information content (AvgIpc) is 3.45. The predicted octanol–water partition coefficient (Wildman–Crippen LogP) is 4.25. The highest BCUT2D eigenvalue weighted by Gasteiger charge is 2.43. The molecule has 1 unspecified atom stereocenters. The Bertz CT molecular complexity index is 986. The molecule has 1 aromatic carbocycles. The van der Waals surface area contributed by atoms with Gasteiger partial charge >= 0.3 is 0 Å². The summed E-state index contributed by atoms with van der Waals surface area (Å²) in [5.74, 6) is 1.75. The van der Waals surface area contributed by atoms with Crippen molar-refractivity contribution in [3.63, 3.8) is 0 Å². The van der Waals surface area contributed by atoms with Crippen LogP contribution in [0.3, 0.4) is 0 Å². The van der Waals surface area contributed by atoms with Crippen molar-refractivity contribution in [3.05, 3.63) is 51.7 Å². The van der Waals surface area contributed by atoms with Gasteiger partial charge in [0.1, 0.15) is 11.4 Å². The zero-order chi connectivity index (χ0) is 21.3. The van der Waals surface area contributed by atoms with Gasteiger partial charge in [-0.2, -0.15) is 0 Å². The Morgan fingerprint density at radius 2 is 2.09 bits per heavy atom. The molecule has 0 bridgehead atoms. The number of guanidine groups is 1. The number of carbonyl (C=O) groups excluding carboxylic acids is 1. The lowest BCUT2D eigenvalue weighted by Gasteiger charge is -2.40. The number of hydrogen-bond donors (Lipinski definition) is 2. The standard InChI is InChI=1S/C24H30N4O2S.HI/c1-25-23(26-15-22(29)28-12-8-21-17(16-28)9-13-31-21)27-19-14-24(10-4-5-11-24)30-20-7-3-2-6-18(19)20;/h2-3,6-7,9,13,19H,4-5,8,10-12,14-16H2,1H3,(H2,25,26,27);1H. The molecular weight excluding hydrogens is 535 g/mol. The molecule has 1 saturated carbocycles. The second kappa shape index (κ2) is 9.99. The van der Waals surface area contributed by atoms with E-state index in [1.54, 1.807) is 18.4 Å². The second-order valence-electron chi connectivity index (χ2n) is 8.79. The third kappa shape index (κ3) is 4.76. The quantitative estimate of drug-likeness (QED) is 0.331. The number of amides is 1. The molecule has 172 valence electrons. The summed E-state index contributed by atoms with van der Waals surface area (Å²) in [4.78, 5) is 20.6. The Balaban J connectivity index is 0.00000245. The van der Waals surface area contributed by atoms with Gasteiger partial charge in [-0.15, -0.1) is 35.3 Å². The number of fused-ring (bicyclic) bond motifs is 2. The highest BCUT2D eigenvalue weighted by molar-refractivity contribution is 14.0. The lowest BCUT2D eigenvalue weighted by Crippen LogP contribution is -2.49. The minimum absolute atomic E-state index is 0. The van der Waals surface area contributed by atoms with E-state index in [2.05, 4.69) is 45.3 Å². The van der Waals surface area contributed by atoms with E-state index >= 15 is 0 Å². The van der Waals surface area contributed by atoms with Gasteiger partial charge in [-0.25, -0.2) is 0 Å². The van der Waals surface area contributed by atoms with Crippen molar-refractivity contribution in [2.75, 3.05) is 20.1 Å². The number of hydrogen-bond acceptors (Lipinski definition) is 4. The summed E-state index contributed by atoms with van der Waals surface area (Å²) >= 11 is 1.79. The Morgan fingerprint density at radius 1 is 1.28 bits per heavy atom. The number of ether oxygens (including phenoxy) is 1. The summed E-state index contributed by atoms with van der Waals surface area (Å²) in [6, 6.07) is 10.5. The summed E-state index contributed by atoms with van der Waals surface area (Å²) in [5, 5.41) is 8.94. The molecule has 6 nitrogen and oxygen atoms in total. The number of halogens is 1. The fourth-order valence-electron chi connectivity index (χ4n) is 5.16. The van der Waals surface area contributed by atoms with E-state index in [-0.39, 0.29) is 48.1 Å². The Hall–Kier alpha value is -1.81. The van der Waals surface area contributed by atoms with Crippen LogP contribution in [-0.2, 0) is 17.8 Å². The maximum absolute atomic E-state index is 12.8. The first-order valence-corrected chi connectivity index (χ1v) is 12.1. The highest BCUT2D eigenvalue weighted by atomic mass is 127. The van der Waals surface area contributed by atoms with Crippen LogP contribution in [-0.4, -0.2) is 42.5 Å². The first-order valence-electron chi connectivity index (χ1n) is 11.2. The summed E-state index contributed by atoms with van der Waals surface area (Å²) < 4.78 is 6.47. The third-order valence-corrected chi connectivity index (χ3v) is 7.84. The molecule has 1 amide bonds. The minimum Gasteiger partial charge on any atom is -0.487 e. The number of benzene rings is 1. The van der Waals surface area contributed by atoms with E-state index in [1.165, 1.54) is 23.3 Å². The van der Waals surface area contributed by atoms with Gasteiger partial charge in [0.05, 0.1) is 12.6 Å². The minimum atomic E-state index is -0.0767. The van der Waals surface area contributed by atoms with Gasteiger partial charge in [0, 0.05) is 37.0 Å². The van der Waals surface area contributed by atoms with Crippen LogP contribution in [0.2, 0.25) is 0 Å². The number of para-hydroxylation sites is 1. The molecular formula is C24H31IN4O2S. The van der Waals surface area contributed by atoms with Crippen LogP contribution in [0.5, 0.6) is 5.75 Å². The van der Waals surface area contributed by atoms with Gasteiger partial charge in [-0.1, -0.05) is 18.2 Å². The van der Waals surface area contributed by atoms with E-state index in [0.29, 0.717) is 12.5 Å². The zero-order valence-corrected chi connectivity index (χ0v) is 21.6. The molecule has 1 aliphatic carbocycles. The van der Waals surface area contributed by atoms with Crippen molar-refractivity contribution in [1.29, 1.82) is 0 Å². The Labute approximate surface area is 210 Å². The molecule has 8 heteroatoms. The summed E-state index contributed by atoms with van der Waals surface area (Å²) in [7, 11) is 1.76. The number of thiophene rings is 1. The molecule has 2 aromatic rings. The lowest BCUT2D eigenvalue weighted by molar-refractivity contribution is -0.130. The lowest BCUT2D eigenvalue weighted by atomic mass is 9.86. The van der Waals surface area contributed by atoms with Crippen molar-refractivity contribution in [2.45, 2.75) is 56.7 Å². The third-order valence-electron chi connectivity index (χ3n) is 6.81. The molecule has 1 atom stereocenters. The number of aliphatic imine (C=N–C) groups is 1. The number of rotatable bonds is 3. The molecule has 2 aliphatic heterocycles. The molecule has 0 saturated heterocycles. The van der Waals surface area contributed by atoms with Gasteiger partial charge in [0.15, 0.2) is 5.96 Å². The van der Waals surface area contributed by atoms with E-state index in [4.69, 9.17) is 4.74 Å². The molecule has 1 fully saturated rings. The summed E-state index contributed by atoms with van der Waals surface area (Å²) in [6.07, 6.45) is 6.52. The van der Waals surface area contributed by atoms with Crippen LogP contribution in [0.25, 0.3) is 0 Å². The maximum atomic E-state index is 12.8. The van der Waals surface area contributed by atoms with E-state index in [0.717, 1.165) is 43.5 Å². The van der Waals surface area contributed by atoms with Gasteiger partial charge in [-0.05, 0) is 55.2 Å². The van der Waals surface area contributed by atoms with Crippen LogP contribution in [0, 0.1) is 0 Å². The van der Waals surface area contributed by atoms with E-state index in [1.807, 2.05) is 11.0 Å². The van der Waals surface area contributed by atoms with Crippen molar-refractivity contribution in [3.8, 4) is 5.75 Å². The molecule has 2 N–H and O–H groups in total. The van der Waals surface area contributed by atoms with E-state index in [9.17, 15) is 4.79 Å². The van der Waals surface area contributed by atoms with Crippen LogP contribution in [0.4, 0.5) is 0 Å². The summed E-state index contributed by atoms with van der Waals surface area (Å²) in [6.45, 7) is 1.74. The highest BCUT2D eigenvalue weighted by Crippen LogP contribution is 2.46. The molecule has 3 aliphatic rings. The normalized spacial score (nSPS) is 21.2. The van der Waals surface area contributed by atoms with Crippen molar-refractivity contribution in [1.82, 2.24) is 15.5 Å². The largest absolute Gasteiger partial charge is 0.487 e. The topological polar surface area (TPSA) is 66.0 Å². The van der Waals surface area contributed by atoms with Gasteiger partial charge in [0.25, 0.3) is 0 Å². The number of nitrogens with zero attached hydrogens (tertiary/aromatic N) is 2. The zero-order valence-electron chi connectivity index (χ0n) is 18.4. The fraction of sp³-hybridized carbons (Fsp3) is 0.500. The van der Waals surface area contributed by atoms with Crippen molar-refractivity contribution < 1.29 is 9.53 Å². The Kier molecular flexibility index (Phi) is 7.29. The molecule has 1 spiro atoms. The summed E-state index contributed by atoms with van der Waals surface area (Å²) in [5.41, 5.74) is 2.37. The molecule has 1 aromatic heterocycles. The van der Waals surface area contributed by atoms with Crippen LogP contribution < -0.4 is 15.4 Å². The monoisotopic (exact) mass is 566 g/mol. The van der Waals surface area contributed by atoms with Crippen molar-refractivity contribution in [2.24, 2.45) is 4.99 Å². The van der Waals surface area contributed by atoms with Crippen molar-refractivity contribution >= 4 is 47.2 Å². The van der Waals surface area contributed by atoms with Crippen LogP contribution in [0.1, 0.15) is 54.1 Å². The number of carbonyl (C=O) groups is 1. The molecule has 3 heterocycles. The first kappa shape index (κ1) is 23.4. The molecule has 32 heavy (non-hydrogen) atoms. The van der Waals surface area contributed by atoms with Gasteiger partial charge < -0.3 is 20.3 Å². The van der Waals surface area contributed by atoms with Gasteiger partial charge in [0.2, 0.25) is 5.91 Å². The molecule has 5 rings (SSSR count). The van der Waals surface area contributed by atoms with Crippen LogP contribution in [0.15, 0.2) is 40.7 Å². The Morgan fingerprint density at radius 3 is 2.91 bits per heavy atom. The predicted molar refractivity (Wildman–Crippen MR) is 139 cm³/mol. The van der Waals surface area contributed by atoms with Crippen LogP contribution >= 0.6 is 35.3 Å². The number of nitrogens with one attached hydrogen (secondary N) is 2. The van der Waals surface area contributed by atoms with Gasteiger partial charge in [-0.3, -0.25) is 9.79 Å². The fourth-order valence-corrected chi connectivity index (χ4v) is 6.05. The SMILES string of the molecule is CN=C(NCC(=O)N1CCc2sccc2C1)NC1CC2(CCCC2)Oc2ccccc21.I. The second-order valence-corrected chi connectivity index (χ2v) is 9.79. The maximum Gasteiger partial charge on any atom is 0.242 e. The smallest absolute Gasteiger partial charge is 0.242 e.